The van der Waals surface area contributed by atoms with Crippen LogP contribution in [0.1, 0.15) is 31.7 Å². The van der Waals surface area contributed by atoms with Crippen LogP contribution >= 0.6 is 0 Å². The predicted molar refractivity (Wildman–Crippen MR) is 101 cm³/mol. The molecule has 1 N–H and O–H groups in total. The Morgan fingerprint density at radius 3 is 3.04 bits per heavy atom. The molecule has 3 heterocycles. The number of aryl methyl sites for hydroxylation is 1. The number of nitrogens with zero attached hydrogens (tertiary/aromatic N) is 4. The highest BCUT2D eigenvalue weighted by Crippen LogP contribution is 2.17. The fourth-order valence-electron chi connectivity index (χ4n) is 3.30. The highest BCUT2D eigenvalue weighted by atomic mass is 16.5. The molecule has 2 aromatic rings. The zero-order valence-electron chi connectivity index (χ0n) is 15.5. The summed E-state index contributed by atoms with van der Waals surface area (Å²) in [5.74, 6) is 1.58. The van der Waals surface area contributed by atoms with Crippen LogP contribution in [-0.2, 0) is 11.3 Å². The molecule has 0 radical (unpaired) electrons. The van der Waals surface area contributed by atoms with Crippen molar-refractivity contribution in [2.24, 2.45) is 10.9 Å². The Morgan fingerprint density at radius 1 is 1.40 bits per heavy atom. The lowest BCUT2D eigenvalue weighted by molar-refractivity contribution is 0.114. The van der Waals surface area contributed by atoms with Crippen molar-refractivity contribution < 1.29 is 4.74 Å². The molecule has 1 atom stereocenters. The molecule has 6 heteroatoms. The third kappa shape index (κ3) is 4.31. The number of hydrogen-bond acceptors (Lipinski definition) is 3. The van der Waals surface area contributed by atoms with Crippen LogP contribution in [0.25, 0.3) is 5.65 Å². The van der Waals surface area contributed by atoms with Crippen LogP contribution in [-0.4, -0.2) is 53.1 Å². The maximum absolute atomic E-state index is 5.58. The highest BCUT2D eigenvalue weighted by molar-refractivity contribution is 5.80. The summed E-state index contributed by atoms with van der Waals surface area (Å²) in [6, 6.07) is 6.16. The number of nitrogens with one attached hydrogen (secondary N) is 1. The summed E-state index contributed by atoms with van der Waals surface area (Å²) < 4.78 is 7.70. The lowest BCUT2D eigenvalue weighted by Gasteiger charge is -2.21. The number of aromatic nitrogens is 2. The maximum Gasteiger partial charge on any atom is 0.194 e. The molecule has 0 spiro atoms. The number of ether oxygens (including phenoxy) is 1. The van der Waals surface area contributed by atoms with Crippen LogP contribution in [0.5, 0.6) is 0 Å². The van der Waals surface area contributed by atoms with E-state index in [0.29, 0.717) is 12.5 Å². The first kappa shape index (κ1) is 17.7. The van der Waals surface area contributed by atoms with E-state index in [9.17, 15) is 0 Å². The van der Waals surface area contributed by atoms with E-state index in [2.05, 4.69) is 52.6 Å². The standard InChI is InChI=1S/C19H29N5O/c1-4-20-19(23-10-9-16(12-23)14-25-5-2)21-11-17-13-24-15(3)7-6-8-18(24)22-17/h6-8,13,16H,4-5,9-12,14H2,1-3H3,(H,20,21). The van der Waals surface area contributed by atoms with Crippen molar-refractivity contribution in [1.82, 2.24) is 19.6 Å². The van der Waals surface area contributed by atoms with Crippen LogP contribution in [0.4, 0.5) is 0 Å². The van der Waals surface area contributed by atoms with E-state index in [1.807, 2.05) is 12.1 Å². The Kier molecular flexibility index (Phi) is 5.91. The third-order valence-electron chi connectivity index (χ3n) is 4.61. The van der Waals surface area contributed by atoms with E-state index in [-0.39, 0.29) is 0 Å². The van der Waals surface area contributed by atoms with Gasteiger partial charge in [0.25, 0.3) is 0 Å². The Labute approximate surface area is 149 Å². The van der Waals surface area contributed by atoms with Crippen LogP contribution in [0.2, 0.25) is 0 Å². The minimum Gasteiger partial charge on any atom is -0.381 e. The molecule has 6 nitrogen and oxygen atoms in total. The van der Waals surface area contributed by atoms with Gasteiger partial charge in [-0.25, -0.2) is 9.98 Å². The fourth-order valence-corrected chi connectivity index (χ4v) is 3.30. The summed E-state index contributed by atoms with van der Waals surface area (Å²) >= 11 is 0. The number of fused-ring (bicyclic) bond motifs is 1. The molecule has 0 bridgehead atoms. The molecule has 1 aliphatic heterocycles. The lowest BCUT2D eigenvalue weighted by atomic mass is 10.1. The molecule has 25 heavy (non-hydrogen) atoms. The molecule has 0 saturated carbocycles. The first-order valence-corrected chi connectivity index (χ1v) is 9.25. The van der Waals surface area contributed by atoms with Gasteiger partial charge in [0.05, 0.1) is 18.8 Å². The molecule has 1 saturated heterocycles. The first-order valence-electron chi connectivity index (χ1n) is 9.25. The summed E-state index contributed by atoms with van der Waals surface area (Å²) in [7, 11) is 0. The Hall–Kier alpha value is -2.08. The summed E-state index contributed by atoms with van der Waals surface area (Å²) in [6.07, 6.45) is 3.25. The van der Waals surface area contributed by atoms with E-state index in [1.165, 1.54) is 5.69 Å². The molecule has 1 unspecified atom stereocenters. The third-order valence-corrected chi connectivity index (χ3v) is 4.61. The Morgan fingerprint density at radius 2 is 2.28 bits per heavy atom. The second-order valence-electron chi connectivity index (χ2n) is 6.56. The van der Waals surface area contributed by atoms with Gasteiger partial charge in [-0.05, 0) is 39.3 Å². The number of hydrogen-bond donors (Lipinski definition) is 1. The molecule has 1 aliphatic rings. The van der Waals surface area contributed by atoms with Crippen molar-refractivity contribution in [3.63, 3.8) is 0 Å². The zero-order valence-corrected chi connectivity index (χ0v) is 15.5. The van der Waals surface area contributed by atoms with Gasteiger partial charge in [0, 0.05) is 44.0 Å². The highest BCUT2D eigenvalue weighted by Gasteiger charge is 2.24. The average molecular weight is 343 g/mol. The quantitative estimate of drug-likeness (QED) is 0.647. The molecular weight excluding hydrogens is 314 g/mol. The number of rotatable bonds is 6. The Bertz CT molecular complexity index is 724. The molecule has 2 aromatic heterocycles. The monoisotopic (exact) mass is 343 g/mol. The van der Waals surface area contributed by atoms with Gasteiger partial charge >= 0.3 is 0 Å². The molecular formula is C19H29N5O. The summed E-state index contributed by atoms with van der Waals surface area (Å²) in [5.41, 5.74) is 3.16. The van der Waals surface area contributed by atoms with Gasteiger partial charge in [-0.1, -0.05) is 6.07 Å². The predicted octanol–water partition coefficient (Wildman–Crippen LogP) is 2.47. The molecule has 136 valence electrons. The SMILES string of the molecule is CCNC(=NCc1cn2c(C)cccc2n1)N1CCC(COCC)C1. The minimum absolute atomic E-state index is 0.593. The summed E-state index contributed by atoms with van der Waals surface area (Å²) in [5, 5.41) is 3.42. The van der Waals surface area contributed by atoms with Gasteiger partial charge in [-0.15, -0.1) is 0 Å². The number of guanidine groups is 1. The van der Waals surface area contributed by atoms with Gasteiger partial charge in [0.2, 0.25) is 0 Å². The van der Waals surface area contributed by atoms with Crippen molar-refractivity contribution in [1.29, 1.82) is 0 Å². The number of pyridine rings is 1. The molecule has 0 amide bonds. The van der Waals surface area contributed by atoms with Gasteiger partial charge in [0.15, 0.2) is 5.96 Å². The molecule has 0 aliphatic carbocycles. The first-order chi connectivity index (χ1) is 12.2. The summed E-state index contributed by atoms with van der Waals surface area (Å²) in [6.45, 7) is 11.4. The fraction of sp³-hybridized carbons (Fsp3) is 0.579. The van der Waals surface area contributed by atoms with E-state index in [4.69, 9.17) is 9.73 Å². The molecule has 3 rings (SSSR count). The molecule has 0 aromatic carbocycles. The topological polar surface area (TPSA) is 54.2 Å². The minimum atomic E-state index is 0.593. The Balaban J connectivity index is 1.68. The number of imidazole rings is 1. The second-order valence-corrected chi connectivity index (χ2v) is 6.56. The van der Waals surface area contributed by atoms with Crippen LogP contribution in [0.3, 0.4) is 0 Å². The zero-order chi connectivity index (χ0) is 17.6. The van der Waals surface area contributed by atoms with Crippen molar-refractivity contribution >= 4 is 11.6 Å². The smallest absolute Gasteiger partial charge is 0.194 e. The molecule has 1 fully saturated rings. The van der Waals surface area contributed by atoms with Crippen LogP contribution in [0, 0.1) is 12.8 Å². The number of likely N-dealkylation sites (tertiary alicyclic amines) is 1. The van der Waals surface area contributed by atoms with E-state index >= 15 is 0 Å². The van der Waals surface area contributed by atoms with E-state index < -0.39 is 0 Å². The number of aliphatic imine (C=N–C) groups is 1. The second kappa shape index (κ2) is 8.34. The van der Waals surface area contributed by atoms with Crippen LogP contribution < -0.4 is 5.32 Å². The van der Waals surface area contributed by atoms with Crippen molar-refractivity contribution in [3.8, 4) is 0 Å². The van der Waals surface area contributed by atoms with Gasteiger partial charge in [-0.2, -0.15) is 0 Å². The lowest BCUT2D eigenvalue weighted by Crippen LogP contribution is -2.40. The maximum atomic E-state index is 5.58. The van der Waals surface area contributed by atoms with Crippen LogP contribution in [0.15, 0.2) is 29.4 Å². The van der Waals surface area contributed by atoms with Gasteiger partial charge in [-0.3, -0.25) is 0 Å². The average Bonchev–Trinajstić information content (AvgIpc) is 3.24. The van der Waals surface area contributed by atoms with Gasteiger partial charge in [0.1, 0.15) is 5.65 Å². The van der Waals surface area contributed by atoms with Crippen molar-refractivity contribution in [3.05, 3.63) is 35.8 Å². The largest absolute Gasteiger partial charge is 0.381 e. The van der Waals surface area contributed by atoms with Gasteiger partial charge < -0.3 is 19.4 Å². The van der Waals surface area contributed by atoms with E-state index in [0.717, 1.165) is 56.6 Å². The summed E-state index contributed by atoms with van der Waals surface area (Å²) in [4.78, 5) is 11.8. The van der Waals surface area contributed by atoms with Crippen molar-refractivity contribution in [2.45, 2.75) is 33.7 Å². The van der Waals surface area contributed by atoms with E-state index in [1.54, 1.807) is 0 Å². The van der Waals surface area contributed by atoms with Crippen molar-refractivity contribution in [2.75, 3.05) is 32.8 Å². The normalized spacial score (nSPS) is 18.3.